The second kappa shape index (κ2) is 6.27. The first-order chi connectivity index (χ1) is 11.2. The van der Waals surface area contributed by atoms with Crippen molar-refractivity contribution in [3.8, 4) is 11.6 Å². The molecule has 1 N–H and O–H groups in total. The molecule has 0 saturated heterocycles. The normalized spacial score (nSPS) is 10.3. The maximum atomic E-state index is 12.2. The monoisotopic (exact) mass is 309 g/mol. The number of rotatable bonds is 4. The summed E-state index contributed by atoms with van der Waals surface area (Å²) in [4.78, 5) is 16.3. The smallest absolute Gasteiger partial charge is 0.276 e. The van der Waals surface area contributed by atoms with Crippen LogP contribution in [0.25, 0.3) is 5.82 Å². The standard InChI is InChI=1S/C16H15N5O2/c1-11-17-9-10-21(11)15-8-7-14(19-20-15)16(22)18-12-3-5-13(23-2)6-4-12/h3-10H,1-2H3,(H,18,22). The first-order valence-corrected chi connectivity index (χ1v) is 6.97. The number of nitrogens with one attached hydrogen (secondary N) is 1. The molecule has 0 aliphatic heterocycles. The van der Waals surface area contributed by atoms with Crippen molar-refractivity contribution >= 4 is 11.6 Å². The first kappa shape index (κ1) is 14.7. The van der Waals surface area contributed by atoms with Gasteiger partial charge in [-0.1, -0.05) is 0 Å². The van der Waals surface area contributed by atoms with Crippen LogP contribution < -0.4 is 10.1 Å². The van der Waals surface area contributed by atoms with Crippen LogP contribution in [0.2, 0.25) is 0 Å². The van der Waals surface area contributed by atoms with Crippen molar-refractivity contribution in [3.63, 3.8) is 0 Å². The number of imidazole rings is 1. The molecule has 0 spiro atoms. The fourth-order valence-corrected chi connectivity index (χ4v) is 2.06. The van der Waals surface area contributed by atoms with E-state index >= 15 is 0 Å². The third-order valence-electron chi connectivity index (χ3n) is 3.30. The Balaban J connectivity index is 1.73. The van der Waals surface area contributed by atoms with Crippen molar-refractivity contribution in [3.05, 3.63) is 60.3 Å². The first-order valence-electron chi connectivity index (χ1n) is 6.97. The number of hydrogen-bond acceptors (Lipinski definition) is 5. The van der Waals surface area contributed by atoms with Gasteiger partial charge in [-0.05, 0) is 43.3 Å². The zero-order valence-corrected chi connectivity index (χ0v) is 12.7. The fourth-order valence-electron chi connectivity index (χ4n) is 2.06. The number of carbonyl (C=O) groups excluding carboxylic acids is 1. The molecule has 116 valence electrons. The van der Waals surface area contributed by atoms with Gasteiger partial charge in [0, 0.05) is 18.1 Å². The summed E-state index contributed by atoms with van der Waals surface area (Å²) in [5.74, 6) is 1.81. The molecule has 1 amide bonds. The highest BCUT2D eigenvalue weighted by Gasteiger charge is 2.10. The molecule has 2 heterocycles. The number of anilines is 1. The summed E-state index contributed by atoms with van der Waals surface area (Å²) in [6, 6.07) is 10.4. The van der Waals surface area contributed by atoms with Gasteiger partial charge >= 0.3 is 0 Å². The number of benzene rings is 1. The zero-order chi connectivity index (χ0) is 16.2. The Morgan fingerprint density at radius 3 is 2.48 bits per heavy atom. The number of hydrogen-bond donors (Lipinski definition) is 1. The van der Waals surface area contributed by atoms with Gasteiger partial charge in [-0.15, -0.1) is 10.2 Å². The molecule has 0 saturated carbocycles. The highest BCUT2D eigenvalue weighted by Crippen LogP contribution is 2.15. The minimum absolute atomic E-state index is 0.238. The van der Waals surface area contributed by atoms with Gasteiger partial charge in [-0.25, -0.2) is 4.98 Å². The van der Waals surface area contributed by atoms with Gasteiger partial charge in [0.15, 0.2) is 11.5 Å². The summed E-state index contributed by atoms with van der Waals surface area (Å²) >= 11 is 0. The van der Waals surface area contributed by atoms with Gasteiger partial charge in [0.25, 0.3) is 5.91 Å². The third kappa shape index (κ3) is 3.18. The maximum absolute atomic E-state index is 12.2. The molecule has 7 heteroatoms. The maximum Gasteiger partial charge on any atom is 0.276 e. The molecule has 2 aromatic heterocycles. The van der Waals surface area contributed by atoms with Gasteiger partial charge in [-0.2, -0.15) is 0 Å². The van der Waals surface area contributed by atoms with Crippen molar-refractivity contribution < 1.29 is 9.53 Å². The molecule has 0 aliphatic rings. The van der Waals surface area contributed by atoms with E-state index in [9.17, 15) is 4.79 Å². The minimum atomic E-state index is -0.323. The molecule has 0 radical (unpaired) electrons. The predicted octanol–water partition coefficient (Wildman–Crippen LogP) is 2.23. The molecule has 0 aliphatic carbocycles. The Morgan fingerprint density at radius 2 is 1.91 bits per heavy atom. The molecule has 3 aromatic rings. The van der Waals surface area contributed by atoms with Gasteiger partial charge in [0.1, 0.15) is 11.6 Å². The summed E-state index contributed by atoms with van der Waals surface area (Å²) in [5.41, 5.74) is 0.898. The lowest BCUT2D eigenvalue weighted by molar-refractivity contribution is 0.102. The Kier molecular flexibility index (Phi) is 4.01. The summed E-state index contributed by atoms with van der Waals surface area (Å²) in [5, 5.41) is 10.8. The third-order valence-corrected chi connectivity index (χ3v) is 3.30. The lowest BCUT2D eigenvalue weighted by atomic mass is 10.3. The molecule has 0 bridgehead atoms. The zero-order valence-electron chi connectivity index (χ0n) is 12.7. The molecule has 0 unspecified atom stereocenters. The van der Waals surface area contributed by atoms with E-state index < -0.39 is 0 Å². The van der Waals surface area contributed by atoms with Crippen LogP contribution >= 0.6 is 0 Å². The van der Waals surface area contributed by atoms with Crippen LogP contribution in [-0.2, 0) is 0 Å². The van der Waals surface area contributed by atoms with E-state index in [1.807, 2.05) is 6.92 Å². The van der Waals surface area contributed by atoms with Gasteiger partial charge < -0.3 is 10.1 Å². The Bertz CT molecular complexity index is 809. The quantitative estimate of drug-likeness (QED) is 0.799. The fraction of sp³-hybridized carbons (Fsp3) is 0.125. The summed E-state index contributed by atoms with van der Waals surface area (Å²) in [6.45, 7) is 1.87. The van der Waals surface area contributed by atoms with Crippen LogP contribution in [0.5, 0.6) is 5.75 Å². The van der Waals surface area contributed by atoms with Crippen molar-refractivity contribution in [2.24, 2.45) is 0 Å². The van der Waals surface area contributed by atoms with E-state index in [0.717, 1.165) is 11.6 Å². The molecule has 7 nitrogen and oxygen atoms in total. The lowest BCUT2D eigenvalue weighted by Gasteiger charge is -2.06. The van der Waals surface area contributed by atoms with Crippen LogP contribution in [-0.4, -0.2) is 32.8 Å². The molecule has 0 fully saturated rings. The van der Waals surface area contributed by atoms with Crippen LogP contribution in [0.4, 0.5) is 5.69 Å². The molecule has 0 atom stereocenters. The number of aromatic nitrogens is 4. The second-order valence-corrected chi connectivity index (χ2v) is 4.80. The highest BCUT2D eigenvalue weighted by atomic mass is 16.5. The predicted molar refractivity (Wildman–Crippen MR) is 84.8 cm³/mol. The van der Waals surface area contributed by atoms with Crippen molar-refractivity contribution in [2.45, 2.75) is 6.92 Å². The minimum Gasteiger partial charge on any atom is -0.497 e. The highest BCUT2D eigenvalue weighted by molar-refractivity contribution is 6.02. The van der Waals surface area contributed by atoms with Crippen LogP contribution in [0.15, 0.2) is 48.8 Å². The van der Waals surface area contributed by atoms with E-state index in [1.54, 1.807) is 60.5 Å². The van der Waals surface area contributed by atoms with E-state index in [4.69, 9.17) is 4.74 Å². The van der Waals surface area contributed by atoms with E-state index in [0.29, 0.717) is 11.5 Å². The number of nitrogens with zero attached hydrogens (tertiary/aromatic N) is 4. The Labute approximate surface area is 133 Å². The topological polar surface area (TPSA) is 81.9 Å². The number of methoxy groups -OCH3 is 1. The van der Waals surface area contributed by atoms with Crippen LogP contribution in [0.1, 0.15) is 16.3 Å². The summed E-state index contributed by atoms with van der Waals surface area (Å²) in [7, 11) is 1.59. The van der Waals surface area contributed by atoms with Crippen LogP contribution in [0, 0.1) is 6.92 Å². The average Bonchev–Trinajstić information content (AvgIpc) is 3.02. The number of aryl methyl sites for hydroxylation is 1. The number of carbonyl (C=O) groups is 1. The number of amides is 1. The van der Waals surface area contributed by atoms with E-state index in [1.165, 1.54) is 0 Å². The molecular formula is C16H15N5O2. The molecule has 3 rings (SSSR count). The average molecular weight is 309 g/mol. The largest absolute Gasteiger partial charge is 0.497 e. The Hall–Kier alpha value is -3.22. The van der Waals surface area contributed by atoms with E-state index in [-0.39, 0.29) is 11.6 Å². The van der Waals surface area contributed by atoms with Crippen LogP contribution in [0.3, 0.4) is 0 Å². The summed E-state index contributed by atoms with van der Waals surface area (Å²) < 4.78 is 6.86. The molecule has 1 aromatic carbocycles. The SMILES string of the molecule is COc1ccc(NC(=O)c2ccc(-n3ccnc3C)nn2)cc1. The summed E-state index contributed by atoms with van der Waals surface area (Å²) in [6.07, 6.45) is 3.47. The van der Waals surface area contributed by atoms with Gasteiger partial charge in [0.2, 0.25) is 0 Å². The Morgan fingerprint density at radius 1 is 1.13 bits per heavy atom. The second-order valence-electron chi connectivity index (χ2n) is 4.80. The molecular weight excluding hydrogens is 294 g/mol. The molecule has 23 heavy (non-hydrogen) atoms. The van der Waals surface area contributed by atoms with Crippen molar-refractivity contribution in [2.75, 3.05) is 12.4 Å². The van der Waals surface area contributed by atoms with Gasteiger partial charge in [-0.3, -0.25) is 9.36 Å². The van der Waals surface area contributed by atoms with Crippen molar-refractivity contribution in [1.29, 1.82) is 0 Å². The van der Waals surface area contributed by atoms with Gasteiger partial charge in [0.05, 0.1) is 7.11 Å². The lowest BCUT2D eigenvalue weighted by Crippen LogP contribution is -2.15. The van der Waals surface area contributed by atoms with E-state index in [2.05, 4.69) is 20.5 Å². The van der Waals surface area contributed by atoms with Crippen molar-refractivity contribution in [1.82, 2.24) is 19.7 Å². The number of ether oxygens (including phenoxy) is 1.